The van der Waals surface area contributed by atoms with Gasteiger partial charge in [-0.2, -0.15) is 10.2 Å². The van der Waals surface area contributed by atoms with Gasteiger partial charge in [-0.1, -0.05) is 156 Å². The van der Waals surface area contributed by atoms with E-state index in [2.05, 4.69) is 289 Å². The number of fused-ring (bicyclic) bond motifs is 6. The fourth-order valence-electron chi connectivity index (χ4n) is 11.6. The number of benzene rings is 10. The Morgan fingerprint density at radius 3 is 0.845 bits per heavy atom. The van der Waals surface area contributed by atoms with Gasteiger partial charge in [-0.05, 0) is 200 Å². The van der Waals surface area contributed by atoms with Crippen LogP contribution in [0.1, 0.15) is 105 Å². The molecule has 0 amide bonds. The molecule has 0 N–H and O–H groups in total. The third-order valence-corrected chi connectivity index (χ3v) is 16.6. The summed E-state index contributed by atoms with van der Waals surface area (Å²) < 4.78 is 4.82. The van der Waals surface area contributed by atoms with Crippen LogP contribution in [0.3, 0.4) is 0 Å². The Hall–Kier alpha value is -9.40. The van der Waals surface area contributed by atoms with Crippen molar-refractivity contribution in [1.82, 2.24) is 9.13 Å². The van der Waals surface area contributed by atoms with Crippen molar-refractivity contribution in [2.24, 2.45) is 10.2 Å². The molecule has 0 aliphatic rings. The van der Waals surface area contributed by atoms with Crippen LogP contribution in [0.4, 0.5) is 34.1 Å². The van der Waals surface area contributed by atoms with E-state index in [1.54, 1.807) is 12.1 Å². The molecule has 84 heavy (non-hydrogen) atoms. The second-order valence-corrected chi connectivity index (χ2v) is 26.6. The predicted molar refractivity (Wildman–Crippen MR) is 353 cm³/mol. The molecule has 0 spiro atoms. The Morgan fingerprint density at radius 2 is 0.583 bits per heavy atom. The maximum atomic E-state index is 11.2. The summed E-state index contributed by atoms with van der Waals surface area (Å²) in [7, 11) is 0. The molecule has 10 aromatic carbocycles. The van der Waals surface area contributed by atoms with E-state index >= 15 is 0 Å². The first kappa shape index (κ1) is 55.2. The summed E-state index contributed by atoms with van der Waals surface area (Å²) in [5.41, 5.74) is 21.1. The number of azo groups is 1. The molecule has 0 radical (unpaired) electrons. The maximum absolute atomic E-state index is 11.2. The second kappa shape index (κ2) is 20.8. The molecule has 0 aliphatic heterocycles. The first-order valence-electron chi connectivity index (χ1n) is 29.1. The molecule has 0 saturated carbocycles. The number of hydrogen-bond acceptors (Lipinski definition) is 5. The molecular formula is C76H72N6O2. The lowest BCUT2D eigenvalue weighted by molar-refractivity contribution is -0.384. The van der Waals surface area contributed by atoms with Crippen LogP contribution in [0.25, 0.3) is 77.2 Å². The van der Waals surface area contributed by atoms with Crippen LogP contribution in [0.2, 0.25) is 0 Å². The number of nitro groups is 1. The molecule has 418 valence electrons. The lowest BCUT2D eigenvalue weighted by atomic mass is 9.85. The summed E-state index contributed by atoms with van der Waals surface area (Å²) in [6, 6.07) is 77.4. The molecule has 0 atom stereocenters. The lowest BCUT2D eigenvalue weighted by Gasteiger charge is -2.26. The molecule has 2 aromatic heterocycles. The Kier molecular flexibility index (Phi) is 13.6. The van der Waals surface area contributed by atoms with Crippen molar-refractivity contribution in [3.63, 3.8) is 0 Å². The van der Waals surface area contributed by atoms with Gasteiger partial charge < -0.3 is 14.0 Å². The minimum Gasteiger partial charge on any atom is -0.311 e. The molecule has 0 aliphatic carbocycles. The average molecular weight is 1100 g/mol. The number of nitro benzene ring substituents is 1. The van der Waals surface area contributed by atoms with Gasteiger partial charge in [-0.25, -0.2) is 0 Å². The number of anilines is 3. The summed E-state index contributed by atoms with van der Waals surface area (Å²) in [4.78, 5) is 13.1. The first-order valence-corrected chi connectivity index (χ1v) is 29.1. The van der Waals surface area contributed by atoms with Gasteiger partial charge in [0.2, 0.25) is 0 Å². The zero-order chi connectivity index (χ0) is 59.0. The lowest BCUT2D eigenvalue weighted by Crippen LogP contribution is -2.10. The SMILES string of the molecule is CC(C)(C)c1ccc2c(c1)c1cc(C(C)(C)C)ccc1n2-c1ccc(-c2ccc(N(c3ccc(N=Nc4ccc([N+](=O)[O-])cc4)cc3)c3ccc(-c4ccc(-n5c6ccc(C(C)(C)C)cc6c6cc(C(C)(C)C)ccc65)cc4)cc3)cc2)cc1. The molecule has 12 rings (SSSR count). The summed E-state index contributed by atoms with van der Waals surface area (Å²) in [6.45, 7) is 27.4. The normalized spacial score (nSPS) is 12.6. The predicted octanol–water partition coefficient (Wildman–Crippen LogP) is 22.2. The first-order chi connectivity index (χ1) is 40.0. The highest BCUT2D eigenvalue weighted by atomic mass is 16.6. The van der Waals surface area contributed by atoms with E-state index in [-0.39, 0.29) is 27.3 Å². The smallest absolute Gasteiger partial charge is 0.269 e. The van der Waals surface area contributed by atoms with Gasteiger partial charge in [0.25, 0.3) is 5.69 Å². The van der Waals surface area contributed by atoms with Crippen molar-refractivity contribution in [2.75, 3.05) is 4.90 Å². The van der Waals surface area contributed by atoms with Crippen molar-refractivity contribution in [2.45, 2.75) is 105 Å². The van der Waals surface area contributed by atoms with Crippen molar-refractivity contribution < 1.29 is 4.92 Å². The summed E-state index contributed by atoms with van der Waals surface area (Å²) in [6.07, 6.45) is 0. The van der Waals surface area contributed by atoms with E-state index in [4.69, 9.17) is 0 Å². The van der Waals surface area contributed by atoms with Crippen LogP contribution < -0.4 is 4.90 Å². The summed E-state index contributed by atoms with van der Waals surface area (Å²) in [5.74, 6) is 0. The molecule has 0 bridgehead atoms. The highest BCUT2D eigenvalue weighted by Crippen LogP contribution is 2.42. The molecule has 2 heterocycles. The van der Waals surface area contributed by atoms with Crippen LogP contribution in [0.5, 0.6) is 0 Å². The van der Waals surface area contributed by atoms with Crippen LogP contribution in [-0.2, 0) is 21.7 Å². The molecule has 8 nitrogen and oxygen atoms in total. The Balaban J connectivity index is 0.864. The van der Waals surface area contributed by atoms with Crippen LogP contribution >= 0.6 is 0 Å². The third-order valence-electron chi connectivity index (χ3n) is 16.6. The van der Waals surface area contributed by atoms with E-state index in [9.17, 15) is 10.1 Å². The zero-order valence-corrected chi connectivity index (χ0v) is 50.3. The van der Waals surface area contributed by atoms with E-state index < -0.39 is 4.92 Å². The van der Waals surface area contributed by atoms with Crippen molar-refractivity contribution in [1.29, 1.82) is 0 Å². The van der Waals surface area contributed by atoms with Gasteiger partial charge >= 0.3 is 0 Å². The van der Waals surface area contributed by atoms with E-state index in [0.29, 0.717) is 11.4 Å². The Morgan fingerprint density at radius 1 is 0.333 bits per heavy atom. The molecule has 8 heteroatoms. The highest BCUT2D eigenvalue weighted by Gasteiger charge is 2.24. The third kappa shape index (κ3) is 10.6. The van der Waals surface area contributed by atoms with E-state index in [1.165, 1.54) is 78.0 Å². The minimum atomic E-state index is -0.421. The molecular weight excluding hydrogens is 1030 g/mol. The summed E-state index contributed by atoms with van der Waals surface area (Å²) >= 11 is 0. The van der Waals surface area contributed by atoms with Crippen molar-refractivity contribution in [3.8, 4) is 33.6 Å². The molecule has 0 fully saturated rings. The van der Waals surface area contributed by atoms with Crippen LogP contribution in [0.15, 0.2) is 229 Å². The summed E-state index contributed by atoms with van der Waals surface area (Å²) in [5, 5.41) is 25.2. The number of hydrogen-bond donors (Lipinski definition) is 0. The number of aromatic nitrogens is 2. The van der Waals surface area contributed by atoms with Crippen molar-refractivity contribution in [3.05, 3.63) is 251 Å². The molecule has 0 unspecified atom stereocenters. The molecule has 12 aromatic rings. The molecule has 0 saturated heterocycles. The quantitative estimate of drug-likeness (QED) is 0.0777. The number of nitrogens with zero attached hydrogens (tertiary/aromatic N) is 6. The monoisotopic (exact) mass is 1100 g/mol. The zero-order valence-electron chi connectivity index (χ0n) is 50.3. The van der Waals surface area contributed by atoms with Crippen LogP contribution in [-0.4, -0.2) is 14.1 Å². The fraction of sp³-hybridized carbons (Fsp3) is 0.211. The number of rotatable bonds is 10. The second-order valence-electron chi connectivity index (χ2n) is 26.6. The fourth-order valence-corrected chi connectivity index (χ4v) is 11.6. The topological polar surface area (TPSA) is 81.0 Å². The largest absolute Gasteiger partial charge is 0.311 e. The van der Waals surface area contributed by atoms with Gasteiger partial charge in [0, 0.05) is 62.1 Å². The highest BCUT2D eigenvalue weighted by molar-refractivity contribution is 6.11. The Labute approximate surface area is 493 Å². The maximum Gasteiger partial charge on any atom is 0.269 e. The van der Waals surface area contributed by atoms with Gasteiger partial charge in [-0.3, -0.25) is 10.1 Å². The van der Waals surface area contributed by atoms with Gasteiger partial charge in [0.15, 0.2) is 0 Å². The van der Waals surface area contributed by atoms with Gasteiger partial charge in [-0.15, -0.1) is 0 Å². The van der Waals surface area contributed by atoms with Crippen LogP contribution in [0, 0.1) is 10.1 Å². The standard InChI is InChI=1S/C76H72N6O2/c1-73(2,3)53-21-41-69-65(45-53)66-46-54(74(4,5)6)22-42-70(66)80(69)62-33-17-51(18-34-62)49-13-29-59(30-14-49)79(61-37-25-57(26-38-61)77-78-58-27-39-64(40-28-58)82(83)84)60-31-15-50(16-32-60)52-19-35-63(36-20-52)81-71-43-23-55(75(7,8)9)47-67(71)68-48-56(76(10,11)12)24-44-72(68)81/h13-48H,1-12H3. The Bertz CT molecular complexity index is 4100. The van der Waals surface area contributed by atoms with Gasteiger partial charge in [0.05, 0.1) is 38.4 Å². The number of non-ortho nitro benzene ring substituents is 1. The van der Waals surface area contributed by atoms with Gasteiger partial charge in [0.1, 0.15) is 0 Å². The van der Waals surface area contributed by atoms with Crippen molar-refractivity contribution >= 4 is 77.7 Å². The average Bonchev–Trinajstić information content (AvgIpc) is 1.77. The van der Waals surface area contributed by atoms with E-state index in [0.717, 1.165) is 50.7 Å². The minimum absolute atomic E-state index is 0.00950. The van der Waals surface area contributed by atoms with E-state index in [1.807, 2.05) is 12.1 Å².